The topological polar surface area (TPSA) is 42.7 Å². The fourth-order valence-electron chi connectivity index (χ4n) is 1.25. The van der Waals surface area contributed by atoms with Gasteiger partial charge in [0.25, 0.3) is 0 Å². The molecule has 82 valence electrons. The summed E-state index contributed by atoms with van der Waals surface area (Å²) < 4.78 is 2.51. The Labute approximate surface area is 102 Å². The highest BCUT2D eigenvalue weighted by Gasteiger charge is 1.97. The number of rotatable bonds is 4. The van der Waals surface area contributed by atoms with Crippen molar-refractivity contribution in [1.29, 1.82) is 0 Å². The van der Waals surface area contributed by atoms with E-state index in [0.717, 1.165) is 22.4 Å². The Balaban J connectivity index is 1.96. The monoisotopic (exact) mass is 278 g/mol. The van der Waals surface area contributed by atoms with Crippen LogP contribution in [-0.2, 0) is 6.54 Å². The molecule has 0 aliphatic rings. The van der Waals surface area contributed by atoms with Gasteiger partial charge in [0.2, 0.25) is 0 Å². The van der Waals surface area contributed by atoms with Crippen LogP contribution in [0.25, 0.3) is 6.20 Å². The van der Waals surface area contributed by atoms with Crippen molar-refractivity contribution >= 4 is 27.8 Å². The quantitative estimate of drug-likeness (QED) is 0.875. The Kier molecular flexibility index (Phi) is 3.36. The summed E-state index contributed by atoms with van der Waals surface area (Å²) in [5, 5.41) is 7.35. The summed E-state index contributed by atoms with van der Waals surface area (Å²) in [5.74, 6) is 0. The van der Waals surface area contributed by atoms with Crippen molar-refractivity contribution in [3.05, 3.63) is 47.5 Å². The first kappa shape index (κ1) is 10.9. The second kappa shape index (κ2) is 4.94. The van der Waals surface area contributed by atoms with Gasteiger partial charge in [-0.15, -0.1) is 0 Å². The van der Waals surface area contributed by atoms with Crippen molar-refractivity contribution in [3.8, 4) is 0 Å². The molecule has 2 aromatic heterocycles. The predicted molar refractivity (Wildman–Crippen MR) is 67.9 cm³/mol. The van der Waals surface area contributed by atoms with E-state index in [2.05, 4.69) is 37.9 Å². The highest BCUT2D eigenvalue weighted by molar-refractivity contribution is 9.10. The Morgan fingerprint density at radius 3 is 2.94 bits per heavy atom. The third kappa shape index (κ3) is 2.70. The fourth-order valence-corrected chi connectivity index (χ4v) is 1.49. The Hall–Kier alpha value is -1.62. The van der Waals surface area contributed by atoms with E-state index in [4.69, 9.17) is 0 Å². The molecule has 2 rings (SSSR count). The van der Waals surface area contributed by atoms with Gasteiger partial charge in [-0.3, -0.25) is 0 Å². The average molecular weight is 279 g/mol. The van der Waals surface area contributed by atoms with Crippen molar-refractivity contribution in [1.82, 2.24) is 14.8 Å². The highest BCUT2D eigenvalue weighted by Crippen LogP contribution is 2.11. The SMILES string of the molecule is C=Cn1cc(CNc2ccc(Br)nc2)cn1. The standard InChI is InChI=1S/C11H11BrN4/c1-2-16-8-9(6-15-16)5-13-10-3-4-11(12)14-7-10/h2-4,6-8,13H,1,5H2. The number of nitrogens with one attached hydrogen (secondary N) is 1. The second-order valence-electron chi connectivity index (χ2n) is 3.23. The summed E-state index contributed by atoms with van der Waals surface area (Å²) in [6, 6.07) is 3.87. The lowest BCUT2D eigenvalue weighted by Crippen LogP contribution is -1.98. The molecule has 2 aromatic rings. The second-order valence-corrected chi connectivity index (χ2v) is 4.05. The lowest BCUT2D eigenvalue weighted by Gasteiger charge is -2.03. The van der Waals surface area contributed by atoms with E-state index in [0.29, 0.717) is 0 Å². The smallest absolute Gasteiger partial charge is 0.106 e. The number of anilines is 1. The van der Waals surface area contributed by atoms with E-state index in [9.17, 15) is 0 Å². The van der Waals surface area contributed by atoms with Crippen molar-refractivity contribution in [2.24, 2.45) is 0 Å². The summed E-state index contributed by atoms with van der Waals surface area (Å²) in [5.41, 5.74) is 2.08. The van der Waals surface area contributed by atoms with Crippen molar-refractivity contribution in [2.45, 2.75) is 6.54 Å². The molecule has 0 aliphatic heterocycles. The first-order chi connectivity index (χ1) is 7.78. The minimum absolute atomic E-state index is 0.719. The molecule has 0 saturated heterocycles. The lowest BCUT2D eigenvalue weighted by molar-refractivity contribution is 0.936. The number of nitrogens with zero attached hydrogens (tertiary/aromatic N) is 3. The van der Waals surface area contributed by atoms with Crippen LogP contribution in [0.3, 0.4) is 0 Å². The van der Waals surface area contributed by atoms with Gasteiger partial charge in [-0.2, -0.15) is 5.10 Å². The number of pyridine rings is 1. The van der Waals surface area contributed by atoms with E-state index in [1.807, 2.05) is 18.3 Å². The Morgan fingerprint density at radius 1 is 1.44 bits per heavy atom. The van der Waals surface area contributed by atoms with E-state index >= 15 is 0 Å². The minimum Gasteiger partial charge on any atom is -0.380 e. The largest absolute Gasteiger partial charge is 0.380 e. The highest BCUT2D eigenvalue weighted by atomic mass is 79.9. The third-order valence-corrected chi connectivity index (χ3v) is 2.54. The van der Waals surface area contributed by atoms with Crippen LogP contribution in [0.2, 0.25) is 0 Å². The third-order valence-electron chi connectivity index (χ3n) is 2.07. The van der Waals surface area contributed by atoms with Crippen LogP contribution in [0.15, 0.2) is 41.9 Å². The van der Waals surface area contributed by atoms with Crippen molar-refractivity contribution in [2.75, 3.05) is 5.32 Å². The van der Waals surface area contributed by atoms with Gasteiger partial charge < -0.3 is 5.32 Å². The first-order valence-corrected chi connectivity index (χ1v) is 5.58. The Morgan fingerprint density at radius 2 is 2.31 bits per heavy atom. The van der Waals surface area contributed by atoms with Crippen molar-refractivity contribution < 1.29 is 0 Å². The fraction of sp³-hybridized carbons (Fsp3) is 0.0909. The van der Waals surface area contributed by atoms with Gasteiger partial charge >= 0.3 is 0 Å². The van der Waals surface area contributed by atoms with Gasteiger partial charge in [-0.25, -0.2) is 9.67 Å². The molecule has 0 unspecified atom stereocenters. The molecular weight excluding hydrogens is 268 g/mol. The molecule has 0 bridgehead atoms. The molecule has 0 fully saturated rings. The zero-order valence-corrected chi connectivity index (χ0v) is 10.2. The van der Waals surface area contributed by atoms with Crippen LogP contribution in [0.4, 0.5) is 5.69 Å². The van der Waals surface area contributed by atoms with Crippen LogP contribution < -0.4 is 5.32 Å². The van der Waals surface area contributed by atoms with Gasteiger partial charge in [-0.05, 0) is 28.1 Å². The lowest BCUT2D eigenvalue weighted by atomic mass is 10.3. The summed E-state index contributed by atoms with van der Waals surface area (Å²) in [6.07, 6.45) is 7.17. The van der Waals surface area contributed by atoms with Gasteiger partial charge in [0.1, 0.15) is 4.60 Å². The molecule has 0 saturated carbocycles. The van der Waals surface area contributed by atoms with Gasteiger partial charge in [0.05, 0.1) is 18.1 Å². The van der Waals surface area contributed by atoms with E-state index in [1.54, 1.807) is 23.3 Å². The summed E-state index contributed by atoms with van der Waals surface area (Å²) in [6.45, 7) is 4.36. The van der Waals surface area contributed by atoms with Crippen LogP contribution in [0.1, 0.15) is 5.56 Å². The molecular formula is C11H11BrN4. The van der Waals surface area contributed by atoms with Gasteiger partial charge in [0.15, 0.2) is 0 Å². The van der Waals surface area contributed by atoms with E-state index in [1.165, 1.54) is 0 Å². The first-order valence-electron chi connectivity index (χ1n) is 4.79. The molecule has 16 heavy (non-hydrogen) atoms. The molecule has 4 nitrogen and oxygen atoms in total. The van der Waals surface area contributed by atoms with Crippen LogP contribution >= 0.6 is 15.9 Å². The van der Waals surface area contributed by atoms with E-state index < -0.39 is 0 Å². The number of halogens is 1. The number of hydrogen-bond acceptors (Lipinski definition) is 3. The molecule has 0 aromatic carbocycles. The van der Waals surface area contributed by atoms with Gasteiger partial charge in [-0.1, -0.05) is 6.58 Å². The minimum atomic E-state index is 0.719. The van der Waals surface area contributed by atoms with Crippen LogP contribution in [0, 0.1) is 0 Å². The Bertz CT molecular complexity index is 475. The maximum atomic E-state index is 4.13. The predicted octanol–water partition coefficient (Wildman–Crippen LogP) is 2.75. The molecule has 0 aliphatic carbocycles. The van der Waals surface area contributed by atoms with Crippen LogP contribution in [0.5, 0.6) is 0 Å². The molecule has 0 spiro atoms. The number of hydrogen-bond donors (Lipinski definition) is 1. The average Bonchev–Trinajstić information content (AvgIpc) is 2.76. The normalized spacial score (nSPS) is 10.1. The zero-order valence-electron chi connectivity index (χ0n) is 8.60. The van der Waals surface area contributed by atoms with Gasteiger partial charge in [0, 0.05) is 24.5 Å². The van der Waals surface area contributed by atoms with E-state index in [-0.39, 0.29) is 0 Å². The maximum absolute atomic E-state index is 4.13. The summed E-state index contributed by atoms with van der Waals surface area (Å²) >= 11 is 3.29. The molecule has 1 N–H and O–H groups in total. The van der Waals surface area contributed by atoms with Crippen LogP contribution in [-0.4, -0.2) is 14.8 Å². The molecule has 2 heterocycles. The van der Waals surface area contributed by atoms with Crippen molar-refractivity contribution in [3.63, 3.8) is 0 Å². The number of aromatic nitrogens is 3. The zero-order chi connectivity index (χ0) is 11.4. The molecule has 0 radical (unpaired) electrons. The molecule has 0 amide bonds. The summed E-state index contributed by atoms with van der Waals surface area (Å²) in [7, 11) is 0. The molecule has 0 atom stereocenters. The maximum Gasteiger partial charge on any atom is 0.106 e. The molecule has 5 heteroatoms. The summed E-state index contributed by atoms with van der Waals surface area (Å²) in [4.78, 5) is 4.13.